The number of hydrogen-bond donors (Lipinski definition) is 1. The second-order valence-electron chi connectivity index (χ2n) is 3.06. The normalized spacial score (nSPS) is 10.9. The molecular formula is C10H13N3O4S. The average molecular weight is 271 g/mol. The number of hydrogen-bond acceptors (Lipinski definition) is 7. The molecule has 1 amide bonds. The largest absolute Gasteiger partial charge is 0.461 e. The molecule has 1 N–H and O–H groups in total. The first-order chi connectivity index (χ1) is 8.58. The maximum atomic E-state index is 11.6. The number of ether oxygens (including phenoxy) is 1. The van der Waals surface area contributed by atoms with Gasteiger partial charge in [-0.2, -0.15) is 0 Å². The van der Waals surface area contributed by atoms with Crippen molar-refractivity contribution in [2.75, 3.05) is 19.0 Å². The fourth-order valence-electron chi connectivity index (χ4n) is 1.07. The lowest BCUT2D eigenvalue weighted by molar-refractivity contribution is -0.135. The van der Waals surface area contributed by atoms with Crippen LogP contribution in [0.4, 0.5) is 5.13 Å². The molecule has 0 aliphatic heterocycles. The molecule has 1 aromatic heterocycles. The molecule has 0 unspecified atom stereocenters. The minimum atomic E-state index is -0.626. The number of esters is 1. The SMILES string of the molecule is CCOC(=O)C(=NOC)c1csc(NC(C)=O)n1. The highest BCUT2D eigenvalue weighted by atomic mass is 32.1. The van der Waals surface area contributed by atoms with Gasteiger partial charge in [0.05, 0.1) is 6.61 Å². The lowest BCUT2D eigenvalue weighted by Crippen LogP contribution is -2.19. The summed E-state index contributed by atoms with van der Waals surface area (Å²) < 4.78 is 4.83. The summed E-state index contributed by atoms with van der Waals surface area (Å²) in [6.07, 6.45) is 0. The van der Waals surface area contributed by atoms with Crippen LogP contribution < -0.4 is 5.32 Å². The summed E-state index contributed by atoms with van der Waals surface area (Å²) in [6.45, 7) is 3.28. The monoisotopic (exact) mass is 271 g/mol. The minimum Gasteiger partial charge on any atom is -0.461 e. The van der Waals surface area contributed by atoms with Crippen molar-refractivity contribution in [2.45, 2.75) is 13.8 Å². The maximum absolute atomic E-state index is 11.6. The van der Waals surface area contributed by atoms with E-state index in [-0.39, 0.29) is 18.2 Å². The Bertz CT molecular complexity index is 469. The molecule has 18 heavy (non-hydrogen) atoms. The maximum Gasteiger partial charge on any atom is 0.362 e. The Morgan fingerprint density at radius 2 is 2.28 bits per heavy atom. The van der Waals surface area contributed by atoms with Gasteiger partial charge in [0.2, 0.25) is 11.6 Å². The van der Waals surface area contributed by atoms with E-state index in [1.807, 2.05) is 0 Å². The first kappa shape index (κ1) is 14.1. The summed E-state index contributed by atoms with van der Waals surface area (Å²) in [5.41, 5.74) is 0.260. The highest BCUT2D eigenvalue weighted by molar-refractivity contribution is 7.14. The van der Waals surface area contributed by atoms with Crippen LogP contribution in [-0.2, 0) is 19.2 Å². The average Bonchev–Trinajstić information content (AvgIpc) is 2.73. The van der Waals surface area contributed by atoms with Crippen LogP contribution in [0.5, 0.6) is 0 Å². The Morgan fingerprint density at radius 1 is 1.56 bits per heavy atom. The van der Waals surface area contributed by atoms with Crippen LogP contribution in [0.1, 0.15) is 19.5 Å². The van der Waals surface area contributed by atoms with E-state index < -0.39 is 5.97 Å². The molecule has 1 aromatic rings. The van der Waals surface area contributed by atoms with Gasteiger partial charge in [-0.25, -0.2) is 9.78 Å². The number of anilines is 1. The molecule has 8 heteroatoms. The number of amides is 1. The molecule has 0 aliphatic rings. The molecule has 0 spiro atoms. The van der Waals surface area contributed by atoms with E-state index in [1.165, 1.54) is 25.4 Å². The molecule has 0 radical (unpaired) electrons. The van der Waals surface area contributed by atoms with E-state index in [2.05, 4.69) is 20.3 Å². The van der Waals surface area contributed by atoms with Crippen LogP contribution >= 0.6 is 11.3 Å². The lowest BCUT2D eigenvalue weighted by atomic mass is 10.3. The number of nitrogens with one attached hydrogen (secondary N) is 1. The third-order valence-corrected chi connectivity index (χ3v) is 2.44. The first-order valence-corrected chi connectivity index (χ1v) is 5.98. The van der Waals surface area contributed by atoms with Crippen molar-refractivity contribution >= 4 is 34.1 Å². The summed E-state index contributed by atoms with van der Waals surface area (Å²) >= 11 is 1.18. The highest BCUT2D eigenvalue weighted by Gasteiger charge is 2.20. The number of carbonyl (C=O) groups is 2. The molecule has 0 aliphatic carbocycles. The fourth-order valence-corrected chi connectivity index (χ4v) is 1.81. The van der Waals surface area contributed by atoms with Crippen LogP contribution in [0.25, 0.3) is 0 Å². The number of aromatic nitrogens is 1. The van der Waals surface area contributed by atoms with E-state index in [1.54, 1.807) is 12.3 Å². The van der Waals surface area contributed by atoms with Gasteiger partial charge < -0.3 is 14.9 Å². The summed E-state index contributed by atoms with van der Waals surface area (Å²) in [6, 6.07) is 0. The van der Waals surface area contributed by atoms with Crippen LogP contribution in [0.3, 0.4) is 0 Å². The van der Waals surface area contributed by atoms with Crippen molar-refractivity contribution in [3.8, 4) is 0 Å². The quantitative estimate of drug-likeness (QED) is 0.490. The molecule has 7 nitrogen and oxygen atoms in total. The van der Waals surface area contributed by atoms with Gasteiger partial charge in [0.25, 0.3) is 0 Å². The summed E-state index contributed by atoms with van der Waals surface area (Å²) in [5.74, 6) is -0.865. The van der Waals surface area contributed by atoms with Crippen molar-refractivity contribution in [3.05, 3.63) is 11.1 Å². The van der Waals surface area contributed by atoms with Crippen LogP contribution in [0.2, 0.25) is 0 Å². The molecular weight excluding hydrogens is 258 g/mol. The third kappa shape index (κ3) is 3.81. The van der Waals surface area contributed by atoms with Gasteiger partial charge in [-0.15, -0.1) is 11.3 Å². The van der Waals surface area contributed by atoms with E-state index in [9.17, 15) is 9.59 Å². The number of oxime groups is 1. The van der Waals surface area contributed by atoms with E-state index >= 15 is 0 Å². The van der Waals surface area contributed by atoms with E-state index in [0.29, 0.717) is 10.8 Å². The van der Waals surface area contributed by atoms with Gasteiger partial charge in [-0.1, -0.05) is 5.16 Å². The first-order valence-electron chi connectivity index (χ1n) is 5.10. The summed E-state index contributed by atoms with van der Waals surface area (Å²) in [7, 11) is 1.32. The van der Waals surface area contributed by atoms with Crippen molar-refractivity contribution in [1.29, 1.82) is 0 Å². The topological polar surface area (TPSA) is 89.9 Å². The van der Waals surface area contributed by atoms with E-state index in [4.69, 9.17) is 4.74 Å². The zero-order chi connectivity index (χ0) is 13.5. The highest BCUT2D eigenvalue weighted by Crippen LogP contribution is 2.16. The molecule has 0 fully saturated rings. The third-order valence-electron chi connectivity index (χ3n) is 1.68. The summed E-state index contributed by atoms with van der Waals surface area (Å²) in [5, 5.41) is 8.06. The van der Waals surface area contributed by atoms with Gasteiger partial charge in [0.15, 0.2) is 5.13 Å². The zero-order valence-electron chi connectivity index (χ0n) is 10.2. The predicted octanol–water partition coefficient (Wildman–Crippen LogP) is 1.02. The second-order valence-corrected chi connectivity index (χ2v) is 3.92. The fraction of sp³-hybridized carbons (Fsp3) is 0.400. The van der Waals surface area contributed by atoms with Crippen molar-refractivity contribution in [2.24, 2.45) is 5.16 Å². The number of carbonyl (C=O) groups excluding carboxylic acids is 2. The molecule has 0 aromatic carbocycles. The predicted molar refractivity (Wildman–Crippen MR) is 66.6 cm³/mol. The van der Waals surface area contributed by atoms with Gasteiger partial charge in [0, 0.05) is 12.3 Å². The second kappa shape index (κ2) is 6.70. The molecule has 0 saturated heterocycles. The standard InChI is InChI=1S/C10H13N3O4S/c1-4-17-9(15)8(13-16-3)7-5-18-10(12-7)11-6(2)14/h5H,4H2,1-3H3,(H,11,12,14). The van der Waals surface area contributed by atoms with Gasteiger partial charge in [-0.3, -0.25) is 4.79 Å². The minimum absolute atomic E-state index is 0.0350. The molecule has 1 rings (SSSR count). The molecule has 98 valence electrons. The van der Waals surface area contributed by atoms with Crippen molar-refractivity contribution in [3.63, 3.8) is 0 Å². The van der Waals surface area contributed by atoms with E-state index in [0.717, 1.165) is 0 Å². The number of rotatable bonds is 5. The molecule has 0 saturated carbocycles. The molecule has 0 atom stereocenters. The van der Waals surface area contributed by atoms with Crippen molar-refractivity contribution < 1.29 is 19.2 Å². The van der Waals surface area contributed by atoms with Gasteiger partial charge in [-0.05, 0) is 6.92 Å². The Hall–Kier alpha value is -1.96. The Kier molecular flexibility index (Phi) is 5.25. The zero-order valence-corrected chi connectivity index (χ0v) is 11.0. The smallest absolute Gasteiger partial charge is 0.362 e. The van der Waals surface area contributed by atoms with Crippen LogP contribution in [-0.4, -0.2) is 36.3 Å². The van der Waals surface area contributed by atoms with Crippen LogP contribution in [0, 0.1) is 0 Å². The molecule has 0 bridgehead atoms. The van der Waals surface area contributed by atoms with Gasteiger partial charge in [0.1, 0.15) is 12.8 Å². The summed E-state index contributed by atoms with van der Waals surface area (Å²) in [4.78, 5) is 31.1. The number of nitrogens with zero attached hydrogens (tertiary/aromatic N) is 2. The Morgan fingerprint density at radius 3 is 2.83 bits per heavy atom. The number of thiazole rings is 1. The van der Waals surface area contributed by atoms with Crippen molar-refractivity contribution in [1.82, 2.24) is 4.98 Å². The Labute approximate surface area is 108 Å². The lowest BCUT2D eigenvalue weighted by Gasteiger charge is -2.02. The molecule has 1 heterocycles. The Balaban J connectivity index is 2.93. The van der Waals surface area contributed by atoms with Gasteiger partial charge >= 0.3 is 5.97 Å². The van der Waals surface area contributed by atoms with Crippen LogP contribution in [0.15, 0.2) is 10.5 Å².